The Morgan fingerprint density at radius 3 is 2.57 bits per heavy atom. The van der Waals surface area contributed by atoms with Crippen molar-refractivity contribution in [1.29, 1.82) is 0 Å². The van der Waals surface area contributed by atoms with Gasteiger partial charge in [0.25, 0.3) is 0 Å². The quantitative estimate of drug-likeness (QED) is 0.444. The molecule has 0 aliphatic heterocycles. The number of rotatable bonds is 1. The van der Waals surface area contributed by atoms with E-state index < -0.39 is 0 Å². The Labute approximate surface area is 131 Å². The maximum atomic E-state index is 4.81. The van der Waals surface area contributed by atoms with Crippen LogP contribution in [-0.4, -0.2) is 24.6 Å². The highest BCUT2D eigenvalue weighted by atomic mass is 15.2. The van der Waals surface area contributed by atoms with E-state index >= 15 is 0 Å². The highest BCUT2D eigenvalue weighted by Gasteiger charge is 2.11. The fraction of sp³-hybridized carbons (Fsp3) is 0. The maximum absolute atomic E-state index is 4.81. The number of pyridine rings is 3. The second-order valence-corrected chi connectivity index (χ2v) is 5.36. The average molecular weight is 297 g/mol. The van der Waals surface area contributed by atoms with Crippen LogP contribution in [0.1, 0.15) is 0 Å². The van der Waals surface area contributed by atoms with Gasteiger partial charge in [-0.1, -0.05) is 30.3 Å². The summed E-state index contributed by atoms with van der Waals surface area (Å²) in [5, 5.41) is 10.6. The van der Waals surface area contributed by atoms with E-state index in [0.29, 0.717) is 0 Å². The van der Waals surface area contributed by atoms with E-state index in [4.69, 9.17) is 4.98 Å². The number of nitrogens with zero attached hydrogens (tertiary/aromatic N) is 5. The summed E-state index contributed by atoms with van der Waals surface area (Å²) in [6.45, 7) is 0. The van der Waals surface area contributed by atoms with Crippen molar-refractivity contribution in [1.82, 2.24) is 24.6 Å². The molecule has 5 rings (SSSR count). The first-order chi connectivity index (χ1) is 11.4. The van der Waals surface area contributed by atoms with Crippen molar-refractivity contribution in [2.45, 2.75) is 0 Å². The molecule has 5 aromatic rings. The van der Waals surface area contributed by atoms with Crippen molar-refractivity contribution in [3.8, 4) is 11.5 Å². The number of hydrogen-bond donors (Lipinski definition) is 0. The SMILES string of the molecule is c1cnc2c(c1)ccc1ccc(-c3nnc4ccccn34)nc12. The predicted molar refractivity (Wildman–Crippen MR) is 89.0 cm³/mol. The van der Waals surface area contributed by atoms with Crippen molar-refractivity contribution in [2.75, 3.05) is 0 Å². The Hall–Kier alpha value is -3.34. The van der Waals surface area contributed by atoms with Gasteiger partial charge in [0.15, 0.2) is 11.5 Å². The number of aromatic nitrogens is 5. The van der Waals surface area contributed by atoms with Gasteiger partial charge >= 0.3 is 0 Å². The number of fused-ring (bicyclic) bond motifs is 4. The Morgan fingerprint density at radius 2 is 1.61 bits per heavy atom. The van der Waals surface area contributed by atoms with Crippen molar-refractivity contribution >= 4 is 27.5 Å². The highest BCUT2D eigenvalue weighted by Crippen LogP contribution is 2.25. The van der Waals surface area contributed by atoms with Gasteiger partial charge in [0, 0.05) is 23.2 Å². The lowest BCUT2D eigenvalue weighted by molar-refractivity contribution is 1.10. The molecular formula is C18H11N5. The third-order valence-corrected chi connectivity index (χ3v) is 3.97. The molecule has 0 aliphatic carbocycles. The Bertz CT molecular complexity index is 1180. The van der Waals surface area contributed by atoms with E-state index in [-0.39, 0.29) is 0 Å². The van der Waals surface area contributed by atoms with Crippen molar-refractivity contribution in [2.24, 2.45) is 0 Å². The standard InChI is InChI=1S/C18H11N5/c1-2-11-23-15(5-1)21-22-18(23)14-9-8-13-7-6-12-4-3-10-19-16(12)17(13)20-14/h1-11H. The normalized spacial score (nSPS) is 11.5. The molecule has 5 nitrogen and oxygen atoms in total. The molecule has 23 heavy (non-hydrogen) atoms. The van der Waals surface area contributed by atoms with Gasteiger partial charge in [0.1, 0.15) is 5.69 Å². The van der Waals surface area contributed by atoms with Crippen LogP contribution < -0.4 is 0 Å². The first kappa shape index (κ1) is 12.2. The molecule has 4 aromatic heterocycles. The summed E-state index contributed by atoms with van der Waals surface area (Å²) >= 11 is 0. The Kier molecular flexibility index (Phi) is 2.43. The lowest BCUT2D eigenvalue weighted by Gasteiger charge is -2.04. The number of benzene rings is 1. The second-order valence-electron chi connectivity index (χ2n) is 5.36. The van der Waals surface area contributed by atoms with Crippen LogP contribution in [0.3, 0.4) is 0 Å². The molecule has 1 aromatic carbocycles. The molecule has 0 spiro atoms. The van der Waals surface area contributed by atoms with E-state index in [1.165, 1.54) is 0 Å². The molecule has 0 unspecified atom stereocenters. The molecule has 0 aliphatic rings. The molecular weight excluding hydrogens is 286 g/mol. The smallest absolute Gasteiger partial charge is 0.187 e. The van der Waals surface area contributed by atoms with Crippen LogP contribution in [-0.2, 0) is 0 Å². The average Bonchev–Trinajstić information content (AvgIpc) is 3.05. The van der Waals surface area contributed by atoms with E-state index in [2.05, 4.69) is 33.4 Å². The summed E-state index contributed by atoms with van der Waals surface area (Å²) in [7, 11) is 0. The summed E-state index contributed by atoms with van der Waals surface area (Å²) in [6.07, 6.45) is 3.74. The molecule has 0 bridgehead atoms. The minimum Gasteiger partial charge on any atom is -0.281 e. The fourth-order valence-electron chi connectivity index (χ4n) is 2.86. The molecule has 0 fully saturated rings. The van der Waals surface area contributed by atoms with E-state index in [9.17, 15) is 0 Å². The van der Waals surface area contributed by atoms with E-state index in [0.717, 1.165) is 39.0 Å². The zero-order valence-corrected chi connectivity index (χ0v) is 12.1. The summed E-state index contributed by atoms with van der Waals surface area (Å²) < 4.78 is 1.94. The van der Waals surface area contributed by atoms with Gasteiger partial charge in [-0.3, -0.25) is 9.38 Å². The summed E-state index contributed by atoms with van der Waals surface area (Å²) in [5.41, 5.74) is 3.38. The van der Waals surface area contributed by atoms with E-state index in [1.54, 1.807) is 6.20 Å². The topological polar surface area (TPSA) is 56.0 Å². The summed E-state index contributed by atoms with van der Waals surface area (Å²) in [5.74, 6) is 0.732. The van der Waals surface area contributed by atoms with Gasteiger partial charge < -0.3 is 0 Å². The Balaban J connectivity index is 1.84. The lowest BCUT2D eigenvalue weighted by Crippen LogP contribution is -1.93. The van der Waals surface area contributed by atoms with Crippen LogP contribution in [0, 0.1) is 0 Å². The first-order valence-corrected chi connectivity index (χ1v) is 7.35. The predicted octanol–water partition coefficient (Wildman–Crippen LogP) is 3.49. The zero-order valence-electron chi connectivity index (χ0n) is 12.1. The third-order valence-electron chi connectivity index (χ3n) is 3.97. The van der Waals surface area contributed by atoms with Crippen LogP contribution in [0.25, 0.3) is 39.0 Å². The van der Waals surface area contributed by atoms with Crippen LogP contribution in [0.4, 0.5) is 0 Å². The van der Waals surface area contributed by atoms with Crippen molar-refractivity contribution in [3.63, 3.8) is 0 Å². The number of hydrogen-bond acceptors (Lipinski definition) is 4. The molecule has 0 N–H and O–H groups in total. The molecule has 0 atom stereocenters. The van der Waals surface area contributed by atoms with Gasteiger partial charge in [0.05, 0.1) is 11.0 Å². The van der Waals surface area contributed by atoms with Gasteiger partial charge in [-0.25, -0.2) is 4.98 Å². The molecule has 0 amide bonds. The minimum absolute atomic E-state index is 0.732. The zero-order chi connectivity index (χ0) is 15.2. The molecule has 0 saturated carbocycles. The maximum Gasteiger partial charge on any atom is 0.187 e. The lowest BCUT2D eigenvalue weighted by atomic mass is 10.1. The van der Waals surface area contributed by atoms with Crippen molar-refractivity contribution in [3.05, 3.63) is 67.0 Å². The van der Waals surface area contributed by atoms with E-state index in [1.807, 2.05) is 47.0 Å². The second kappa shape index (κ2) is 4.58. The summed E-state index contributed by atoms with van der Waals surface area (Å²) in [6, 6.07) is 18.0. The summed E-state index contributed by atoms with van der Waals surface area (Å²) in [4.78, 5) is 9.30. The minimum atomic E-state index is 0.732. The van der Waals surface area contributed by atoms with Crippen LogP contribution in [0.15, 0.2) is 67.0 Å². The molecule has 0 saturated heterocycles. The van der Waals surface area contributed by atoms with Gasteiger partial charge in [-0.15, -0.1) is 10.2 Å². The molecule has 4 heterocycles. The van der Waals surface area contributed by atoms with Crippen LogP contribution >= 0.6 is 0 Å². The molecule has 5 heteroatoms. The van der Waals surface area contributed by atoms with Gasteiger partial charge in [-0.2, -0.15) is 0 Å². The first-order valence-electron chi connectivity index (χ1n) is 7.35. The van der Waals surface area contributed by atoms with Crippen LogP contribution in [0.2, 0.25) is 0 Å². The van der Waals surface area contributed by atoms with Crippen molar-refractivity contribution < 1.29 is 0 Å². The molecule has 108 valence electrons. The monoisotopic (exact) mass is 297 g/mol. The third kappa shape index (κ3) is 1.80. The largest absolute Gasteiger partial charge is 0.281 e. The molecule has 0 radical (unpaired) electrons. The van der Waals surface area contributed by atoms with Gasteiger partial charge in [-0.05, 0) is 24.3 Å². The fourth-order valence-corrected chi connectivity index (χ4v) is 2.86. The van der Waals surface area contributed by atoms with Gasteiger partial charge in [0.2, 0.25) is 0 Å². The highest BCUT2D eigenvalue weighted by molar-refractivity contribution is 6.03. The van der Waals surface area contributed by atoms with Crippen LogP contribution in [0.5, 0.6) is 0 Å². The Morgan fingerprint density at radius 1 is 0.739 bits per heavy atom.